The summed E-state index contributed by atoms with van der Waals surface area (Å²) in [7, 11) is 0. The lowest BCUT2D eigenvalue weighted by Gasteiger charge is -2.08. The molecular formula is C24H29O2. The van der Waals surface area contributed by atoms with E-state index in [1.165, 1.54) is 5.57 Å². The van der Waals surface area contributed by atoms with Gasteiger partial charge in [0.15, 0.2) is 0 Å². The van der Waals surface area contributed by atoms with Gasteiger partial charge in [0.05, 0.1) is 5.92 Å². The van der Waals surface area contributed by atoms with Crippen LogP contribution >= 0.6 is 0 Å². The average Bonchev–Trinajstić information content (AvgIpc) is 3.15. The molecule has 1 radical (unpaired) electrons. The first-order valence-electron chi connectivity index (χ1n) is 9.11. The Morgan fingerprint density at radius 3 is 2.27 bits per heavy atom. The SMILES string of the molecule is CC(C)=CC1C(C(=O)OCc2ccccc2C)C1(C)C.[c]1ccccc1. The van der Waals surface area contributed by atoms with Crippen LogP contribution < -0.4 is 0 Å². The van der Waals surface area contributed by atoms with Gasteiger partial charge >= 0.3 is 5.97 Å². The van der Waals surface area contributed by atoms with E-state index in [1.807, 2.05) is 61.5 Å². The number of benzene rings is 2. The van der Waals surface area contributed by atoms with Crippen LogP contribution in [0.4, 0.5) is 0 Å². The first-order valence-corrected chi connectivity index (χ1v) is 9.11. The molecule has 3 rings (SSSR count). The molecule has 2 unspecified atom stereocenters. The van der Waals surface area contributed by atoms with Crippen molar-refractivity contribution in [2.45, 2.75) is 41.2 Å². The van der Waals surface area contributed by atoms with Gasteiger partial charge in [-0.05, 0) is 49.3 Å². The number of aryl methyl sites for hydroxylation is 1. The van der Waals surface area contributed by atoms with Crippen molar-refractivity contribution in [3.63, 3.8) is 0 Å². The van der Waals surface area contributed by atoms with Crippen molar-refractivity contribution >= 4 is 5.97 Å². The third-order valence-corrected chi connectivity index (χ3v) is 4.92. The molecule has 26 heavy (non-hydrogen) atoms. The van der Waals surface area contributed by atoms with Gasteiger partial charge in [-0.15, -0.1) is 0 Å². The van der Waals surface area contributed by atoms with Crippen LogP contribution in [0.15, 0.2) is 66.2 Å². The van der Waals surface area contributed by atoms with Crippen LogP contribution in [0.3, 0.4) is 0 Å². The third-order valence-electron chi connectivity index (χ3n) is 4.92. The first-order chi connectivity index (χ1) is 12.3. The van der Waals surface area contributed by atoms with E-state index >= 15 is 0 Å². The summed E-state index contributed by atoms with van der Waals surface area (Å²) in [6.07, 6.45) is 2.19. The Kier molecular flexibility index (Phi) is 6.79. The van der Waals surface area contributed by atoms with Gasteiger partial charge < -0.3 is 4.74 Å². The van der Waals surface area contributed by atoms with Crippen molar-refractivity contribution < 1.29 is 9.53 Å². The maximum Gasteiger partial charge on any atom is 0.310 e. The molecule has 1 saturated carbocycles. The molecule has 1 aliphatic rings. The molecule has 0 N–H and O–H groups in total. The van der Waals surface area contributed by atoms with Crippen LogP contribution in [0.5, 0.6) is 0 Å². The van der Waals surface area contributed by atoms with Gasteiger partial charge in [-0.1, -0.05) is 80.1 Å². The minimum Gasteiger partial charge on any atom is -0.461 e. The zero-order valence-corrected chi connectivity index (χ0v) is 16.5. The summed E-state index contributed by atoms with van der Waals surface area (Å²) in [5.74, 6) is 0.249. The van der Waals surface area contributed by atoms with Crippen LogP contribution in [0.25, 0.3) is 0 Å². The van der Waals surface area contributed by atoms with Gasteiger partial charge in [-0.25, -0.2) is 0 Å². The van der Waals surface area contributed by atoms with Gasteiger partial charge in [0.2, 0.25) is 0 Å². The highest BCUT2D eigenvalue weighted by Gasteiger charge is 2.61. The Morgan fingerprint density at radius 1 is 1.12 bits per heavy atom. The van der Waals surface area contributed by atoms with E-state index in [4.69, 9.17) is 4.74 Å². The summed E-state index contributed by atoms with van der Waals surface area (Å²) in [6, 6.07) is 20.5. The molecule has 2 nitrogen and oxygen atoms in total. The number of carbonyl (C=O) groups is 1. The van der Waals surface area contributed by atoms with E-state index in [2.05, 4.69) is 39.8 Å². The van der Waals surface area contributed by atoms with Crippen molar-refractivity contribution in [3.05, 3.63) is 83.4 Å². The molecule has 0 amide bonds. The van der Waals surface area contributed by atoms with E-state index in [0.717, 1.165) is 11.1 Å². The minimum atomic E-state index is -0.0687. The minimum absolute atomic E-state index is 0.00131. The average molecular weight is 349 g/mol. The summed E-state index contributed by atoms with van der Waals surface area (Å²) < 4.78 is 5.51. The molecule has 1 fully saturated rings. The van der Waals surface area contributed by atoms with Crippen LogP contribution in [0, 0.1) is 30.2 Å². The van der Waals surface area contributed by atoms with E-state index in [9.17, 15) is 4.79 Å². The van der Waals surface area contributed by atoms with E-state index < -0.39 is 0 Å². The first kappa shape index (κ1) is 20.0. The number of ether oxygens (including phenoxy) is 1. The zero-order valence-electron chi connectivity index (χ0n) is 16.5. The van der Waals surface area contributed by atoms with Crippen molar-refractivity contribution in [1.82, 2.24) is 0 Å². The second kappa shape index (κ2) is 8.84. The molecule has 2 aromatic rings. The quantitative estimate of drug-likeness (QED) is 0.518. The van der Waals surface area contributed by atoms with Crippen molar-refractivity contribution in [3.8, 4) is 0 Å². The molecule has 2 heteroatoms. The Labute approximate surface area is 157 Å². The fraction of sp³-hybridized carbons (Fsp3) is 0.375. The van der Waals surface area contributed by atoms with E-state index in [0.29, 0.717) is 12.5 Å². The molecule has 0 aliphatic heterocycles. The molecule has 1 aliphatic carbocycles. The molecule has 0 saturated heterocycles. The van der Waals surface area contributed by atoms with Crippen molar-refractivity contribution in [1.29, 1.82) is 0 Å². The van der Waals surface area contributed by atoms with Gasteiger partial charge in [0, 0.05) is 0 Å². The number of esters is 1. The fourth-order valence-electron chi connectivity index (χ4n) is 3.15. The standard InChI is InChI=1S/C18H24O2.C6H5/c1-12(2)10-15-16(18(15,4)5)17(19)20-11-14-9-7-6-8-13(14)3;1-2-4-6-5-3-1/h6-10,15-16H,11H2,1-5H3;1-5H. The summed E-state index contributed by atoms with van der Waals surface area (Å²) in [5, 5.41) is 0. The Bertz CT molecular complexity index is 713. The third kappa shape index (κ3) is 5.32. The number of allylic oxidation sites excluding steroid dienone is 2. The monoisotopic (exact) mass is 349 g/mol. The number of hydrogen-bond acceptors (Lipinski definition) is 2. The highest BCUT2D eigenvalue weighted by Crippen LogP contribution is 2.59. The Hall–Kier alpha value is -2.35. The molecule has 2 atom stereocenters. The number of hydrogen-bond donors (Lipinski definition) is 0. The van der Waals surface area contributed by atoms with Gasteiger partial charge in [-0.3, -0.25) is 4.79 Å². The smallest absolute Gasteiger partial charge is 0.310 e. The van der Waals surface area contributed by atoms with Gasteiger partial charge in [0.25, 0.3) is 0 Å². The lowest BCUT2D eigenvalue weighted by atomic mass is 10.1. The maximum absolute atomic E-state index is 12.2. The van der Waals surface area contributed by atoms with Gasteiger partial charge in [-0.2, -0.15) is 0 Å². The molecular weight excluding hydrogens is 320 g/mol. The summed E-state index contributed by atoms with van der Waals surface area (Å²) in [4.78, 5) is 12.2. The molecule has 0 heterocycles. The molecule has 0 spiro atoms. The lowest BCUT2D eigenvalue weighted by Crippen LogP contribution is -2.11. The second-order valence-corrected chi connectivity index (χ2v) is 7.68. The molecule has 2 aromatic carbocycles. The Balaban J connectivity index is 0.000000342. The zero-order chi connectivity index (χ0) is 19.2. The van der Waals surface area contributed by atoms with Crippen molar-refractivity contribution in [2.24, 2.45) is 17.3 Å². The second-order valence-electron chi connectivity index (χ2n) is 7.68. The molecule has 0 aromatic heterocycles. The molecule has 137 valence electrons. The van der Waals surface area contributed by atoms with E-state index in [1.54, 1.807) is 0 Å². The topological polar surface area (TPSA) is 26.3 Å². The van der Waals surface area contributed by atoms with Crippen LogP contribution in [-0.4, -0.2) is 5.97 Å². The normalized spacial score (nSPS) is 19.6. The lowest BCUT2D eigenvalue weighted by molar-refractivity contribution is -0.147. The Morgan fingerprint density at radius 2 is 1.77 bits per heavy atom. The van der Waals surface area contributed by atoms with Gasteiger partial charge in [0.1, 0.15) is 6.61 Å². The maximum atomic E-state index is 12.2. The fourth-order valence-corrected chi connectivity index (χ4v) is 3.15. The highest BCUT2D eigenvalue weighted by atomic mass is 16.5. The number of carbonyl (C=O) groups excluding carboxylic acids is 1. The predicted octanol–water partition coefficient (Wildman–Crippen LogP) is 5.76. The molecule has 0 bridgehead atoms. The van der Waals surface area contributed by atoms with Crippen LogP contribution in [0.2, 0.25) is 0 Å². The predicted molar refractivity (Wildman–Crippen MR) is 106 cm³/mol. The summed E-state index contributed by atoms with van der Waals surface area (Å²) in [5.41, 5.74) is 3.53. The number of rotatable bonds is 4. The highest BCUT2D eigenvalue weighted by molar-refractivity contribution is 5.78. The summed E-state index contributed by atoms with van der Waals surface area (Å²) in [6.45, 7) is 10.8. The largest absolute Gasteiger partial charge is 0.461 e. The van der Waals surface area contributed by atoms with Crippen molar-refractivity contribution in [2.75, 3.05) is 0 Å². The van der Waals surface area contributed by atoms with Crippen LogP contribution in [0.1, 0.15) is 38.8 Å². The van der Waals surface area contributed by atoms with Crippen LogP contribution in [-0.2, 0) is 16.1 Å². The summed E-state index contributed by atoms with van der Waals surface area (Å²) >= 11 is 0. The van der Waals surface area contributed by atoms with E-state index in [-0.39, 0.29) is 17.3 Å².